The summed E-state index contributed by atoms with van der Waals surface area (Å²) >= 11 is 2.88. The number of aromatic nitrogens is 2. The third kappa shape index (κ3) is 2.87. The Kier molecular flexibility index (Phi) is 3.47. The number of thiophene rings is 1. The van der Waals surface area contributed by atoms with Gasteiger partial charge in [0.05, 0.1) is 16.8 Å². The molecule has 76 valence electrons. The number of rotatable bonds is 4. The molecule has 0 saturated heterocycles. The molecule has 0 radical (unpaired) electrons. The van der Waals surface area contributed by atoms with Crippen LogP contribution >= 0.6 is 23.1 Å². The van der Waals surface area contributed by atoms with Crippen molar-refractivity contribution < 1.29 is 4.79 Å². The molecule has 0 N–H and O–H groups in total. The molecule has 0 aliphatic carbocycles. The highest BCUT2D eigenvalue weighted by Crippen LogP contribution is 2.17. The van der Waals surface area contributed by atoms with Gasteiger partial charge >= 0.3 is 0 Å². The molecule has 0 aliphatic rings. The van der Waals surface area contributed by atoms with Gasteiger partial charge in [-0.25, -0.2) is 4.98 Å². The Labute approximate surface area is 95.6 Å². The van der Waals surface area contributed by atoms with Gasteiger partial charge in [0.2, 0.25) is 0 Å². The Balaban J connectivity index is 1.92. The van der Waals surface area contributed by atoms with Gasteiger partial charge in [0.25, 0.3) is 0 Å². The van der Waals surface area contributed by atoms with E-state index in [1.807, 2.05) is 17.5 Å². The minimum Gasteiger partial charge on any atom is -0.292 e. The molecule has 2 heterocycles. The van der Waals surface area contributed by atoms with E-state index in [9.17, 15) is 4.79 Å². The predicted molar refractivity (Wildman–Crippen MR) is 61.4 cm³/mol. The van der Waals surface area contributed by atoms with Crippen molar-refractivity contribution >= 4 is 28.9 Å². The molecule has 3 nitrogen and oxygen atoms in total. The van der Waals surface area contributed by atoms with Crippen LogP contribution in [0, 0.1) is 0 Å². The SMILES string of the molecule is O=C(CSc1cnccn1)c1cccs1. The average Bonchev–Trinajstić information content (AvgIpc) is 2.81. The molecular formula is C10H8N2OS2. The van der Waals surface area contributed by atoms with Gasteiger partial charge in [-0.05, 0) is 11.4 Å². The average molecular weight is 236 g/mol. The zero-order valence-corrected chi connectivity index (χ0v) is 9.42. The fraction of sp³-hybridized carbons (Fsp3) is 0.100. The lowest BCUT2D eigenvalue weighted by atomic mass is 10.4. The molecule has 0 fully saturated rings. The zero-order chi connectivity index (χ0) is 10.5. The number of carbonyl (C=O) groups excluding carboxylic acids is 1. The molecule has 5 heteroatoms. The van der Waals surface area contributed by atoms with Crippen LogP contribution in [0.4, 0.5) is 0 Å². The van der Waals surface area contributed by atoms with Crippen LogP contribution in [0.15, 0.2) is 41.1 Å². The summed E-state index contributed by atoms with van der Waals surface area (Å²) in [6.07, 6.45) is 4.90. The minimum absolute atomic E-state index is 0.139. The molecule has 0 aliphatic heterocycles. The third-order valence-electron chi connectivity index (χ3n) is 1.69. The summed E-state index contributed by atoms with van der Waals surface area (Å²) in [5.41, 5.74) is 0. The number of ketones is 1. The van der Waals surface area contributed by atoms with E-state index in [-0.39, 0.29) is 5.78 Å². The van der Waals surface area contributed by atoms with Gasteiger partial charge in [-0.2, -0.15) is 0 Å². The smallest absolute Gasteiger partial charge is 0.183 e. The molecule has 2 rings (SSSR count). The van der Waals surface area contributed by atoms with Crippen molar-refractivity contribution in [3.8, 4) is 0 Å². The fourth-order valence-electron chi connectivity index (χ4n) is 1.01. The highest BCUT2D eigenvalue weighted by molar-refractivity contribution is 7.99. The second-order valence-corrected chi connectivity index (χ2v) is 4.68. The maximum absolute atomic E-state index is 11.6. The van der Waals surface area contributed by atoms with E-state index >= 15 is 0 Å². The Morgan fingerprint density at radius 2 is 2.40 bits per heavy atom. The van der Waals surface area contributed by atoms with Gasteiger partial charge in [-0.1, -0.05) is 17.8 Å². The van der Waals surface area contributed by atoms with Crippen molar-refractivity contribution in [2.75, 3.05) is 5.75 Å². The number of hydrogen-bond acceptors (Lipinski definition) is 5. The second-order valence-electron chi connectivity index (χ2n) is 2.73. The predicted octanol–water partition coefficient (Wildman–Crippen LogP) is 2.51. The summed E-state index contributed by atoms with van der Waals surface area (Å²) in [7, 11) is 0. The van der Waals surface area contributed by atoms with E-state index in [2.05, 4.69) is 9.97 Å². The highest BCUT2D eigenvalue weighted by Gasteiger charge is 2.07. The monoisotopic (exact) mass is 236 g/mol. The lowest BCUT2D eigenvalue weighted by Gasteiger charge is -1.97. The van der Waals surface area contributed by atoms with E-state index < -0.39 is 0 Å². The van der Waals surface area contributed by atoms with E-state index in [0.29, 0.717) is 5.75 Å². The second kappa shape index (κ2) is 5.04. The van der Waals surface area contributed by atoms with Gasteiger partial charge in [0.15, 0.2) is 5.78 Å². The Morgan fingerprint density at radius 1 is 1.47 bits per heavy atom. The van der Waals surface area contributed by atoms with Gasteiger partial charge in [-0.3, -0.25) is 9.78 Å². The summed E-state index contributed by atoms with van der Waals surface area (Å²) in [6.45, 7) is 0. The topological polar surface area (TPSA) is 42.9 Å². The summed E-state index contributed by atoms with van der Waals surface area (Å²) in [4.78, 5) is 20.4. The molecule has 2 aromatic rings. The van der Waals surface area contributed by atoms with Crippen molar-refractivity contribution in [1.29, 1.82) is 0 Å². The normalized spacial score (nSPS) is 10.1. The molecule has 0 aromatic carbocycles. The Hall–Kier alpha value is -1.20. The molecule has 0 spiro atoms. The van der Waals surface area contributed by atoms with Gasteiger partial charge in [-0.15, -0.1) is 11.3 Å². The van der Waals surface area contributed by atoms with Crippen LogP contribution in [-0.4, -0.2) is 21.5 Å². The Morgan fingerprint density at radius 3 is 3.07 bits per heavy atom. The van der Waals surface area contributed by atoms with Crippen LogP contribution in [0.2, 0.25) is 0 Å². The summed E-state index contributed by atoms with van der Waals surface area (Å²) in [5, 5.41) is 2.68. The van der Waals surface area contributed by atoms with E-state index in [1.165, 1.54) is 23.1 Å². The lowest BCUT2D eigenvalue weighted by Crippen LogP contribution is -1.99. The summed E-state index contributed by atoms with van der Waals surface area (Å²) in [6, 6.07) is 3.72. The summed E-state index contributed by atoms with van der Waals surface area (Å²) < 4.78 is 0. The summed E-state index contributed by atoms with van der Waals surface area (Å²) in [5.74, 6) is 0.555. The zero-order valence-electron chi connectivity index (χ0n) is 7.79. The maximum atomic E-state index is 11.6. The third-order valence-corrected chi connectivity index (χ3v) is 3.51. The largest absolute Gasteiger partial charge is 0.292 e. The molecule has 0 saturated carbocycles. The first-order chi connectivity index (χ1) is 7.36. The van der Waals surface area contributed by atoms with Crippen LogP contribution in [-0.2, 0) is 0 Å². The number of Topliss-reactive ketones (excluding diaryl/α,β-unsaturated/α-hetero) is 1. The van der Waals surface area contributed by atoms with Crippen molar-refractivity contribution in [3.63, 3.8) is 0 Å². The Bertz CT molecular complexity index is 428. The van der Waals surface area contributed by atoms with Crippen molar-refractivity contribution in [2.45, 2.75) is 5.03 Å². The van der Waals surface area contributed by atoms with E-state index in [4.69, 9.17) is 0 Å². The number of nitrogens with zero attached hydrogens (tertiary/aromatic N) is 2. The number of carbonyl (C=O) groups is 1. The standard InChI is InChI=1S/C10H8N2OS2/c13-8(9-2-1-5-14-9)7-15-10-6-11-3-4-12-10/h1-6H,7H2. The maximum Gasteiger partial charge on any atom is 0.183 e. The first-order valence-corrected chi connectivity index (χ1v) is 6.18. The first-order valence-electron chi connectivity index (χ1n) is 4.32. The van der Waals surface area contributed by atoms with Crippen LogP contribution in [0.25, 0.3) is 0 Å². The van der Waals surface area contributed by atoms with Gasteiger partial charge < -0.3 is 0 Å². The highest BCUT2D eigenvalue weighted by atomic mass is 32.2. The van der Waals surface area contributed by atoms with E-state index in [1.54, 1.807) is 18.6 Å². The van der Waals surface area contributed by atoms with Crippen molar-refractivity contribution in [3.05, 3.63) is 41.0 Å². The number of hydrogen-bond donors (Lipinski definition) is 0. The molecular weight excluding hydrogens is 228 g/mol. The number of thioether (sulfide) groups is 1. The van der Waals surface area contributed by atoms with Gasteiger partial charge in [0, 0.05) is 12.4 Å². The molecule has 0 amide bonds. The van der Waals surface area contributed by atoms with Crippen LogP contribution < -0.4 is 0 Å². The molecule has 0 unspecified atom stereocenters. The molecule has 2 aromatic heterocycles. The van der Waals surface area contributed by atoms with Crippen molar-refractivity contribution in [2.24, 2.45) is 0 Å². The molecule has 15 heavy (non-hydrogen) atoms. The van der Waals surface area contributed by atoms with Crippen LogP contribution in [0.1, 0.15) is 9.67 Å². The fourth-order valence-corrected chi connectivity index (χ4v) is 2.47. The molecule has 0 atom stereocenters. The lowest BCUT2D eigenvalue weighted by molar-refractivity contribution is 0.102. The van der Waals surface area contributed by atoms with Gasteiger partial charge in [0.1, 0.15) is 5.03 Å². The first kappa shape index (κ1) is 10.3. The van der Waals surface area contributed by atoms with Crippen molar-refractivity contribution in [1.82, 2.24) is 9.97 Å². The quantitative estimate of drug-likeness (QED) is 0.604. The van der Waals surface area contributed by atoms with E-state index in [0.717, 1.165) is 9.90 Å². The molecule has 0 bridgehead atoms. The van der Waals surface area contributed by atoms with Crippen LogP contribution in [0.5, 0.6) is 0 Å². The van der Waals surface area contributed by atoms with Crippen LogP contribution in [0.3, 0.4) is 0 Å². The minimum atomic E-state index is 0.139.